The van der Waals surface area contributed by atoms with Crippen molar-refractivity contribution < 1.29 is 9.59 Å². The van der Waals surface area contributed by atoms with E-state index in [0.29, 0.717) is 17.7 Å². The summed E-state index contributed by atoms with van der Waals surface area (Å²) in [6, 6.07) is 13.0. The molecule has 5 nitrogen and oxygen atoms in total. The highest BCUT2D eigenvalue weighted by Gasteiger charge is 2.28. The molecule has 0 saturated heterocycles. The second-order valence-electron chi connectivity index (χ2n) is 5.53. The Hall–Kier alpha value is -2.95. The predicted molar refractivity (Wildman–Crippen MR) is 87.3 cm³/mol. The molecule has 0 fully saturated rings. The number of amides is 1. The molecule has 5 heteroatoms. The van der Waals surface area contributed by atoms with Crippen LogP contribution >= 0.6 is 0 Å². The van der Waals surface area contributed by atoms with Crippen LogP contribution in [-0.2, 0) is 11.3 Å². The zero-order valence-corrected chi connectivity index (χ0v) is 12.7. The molecule has 3 aromatic rings. The summed E-state index contributed by atoms with van der Waals surface area (Å²) in [4.78, 5) is 24.6. The molecule has 4 rings (SSSR count). The molecule has 0 aliphatic heterocycles. The first-order valence-electron chi connectivity index (χ1n) is 7.61. The monoisotopic (exact) mass is 305 g/mol. The van der Waals surface area contributed by atoms with Crippen molar-refractivity contribution in [1.29, 1.82) is 0 Å². The van der Waals surface area contributed by atoms with Crippen LogP contribution in [0, 0.1) is 0 Å². The third-order valence-electron chi connectivity index (χ3n) is 4.12. The van der Waals surface area contributed by atoms with Gasteiger partial charge >= 0.3 is 0 Å². The standard InChI is InChI=1S/C18H15N3O2/c1-2-19-15(22)10-21-14-9-5-8-13-16(14)17(20-21)11-6-3-4-7-12(11)18(13)23/h3-9H,2,10H2,1H3,(H,19,22). The predicted octanol–water partition coefficient (Wildman–Crippen LogP) is 2.38. The molecule has 1 N–H and O–H groups in total. The Balaban J connectivity index is 1.96. The molecule has 0 radical (unpaired) electrons. The fraction of sp³-hybridized carbons (Fsp3) is 0.167. The summed E-state index contributed by atoms with van der Waals surface area (Å²) in [5.74, 6) is -0.0797. The van der Waals surface area contributed by atoms with E-state index in [0.717, 1.165) is 22.2 Å². The van der Waals surface area contributed by atoms with Gasteiger partial charge in [-0.05, 0) is 13.0 Å². The second kappa shape index (κ2) is 5.05. The van der Waals surface area contributed by atoms with Crippen LogP contribution in [0.4, 0.5) is 0 Å². The van der Waals surface area contributed by atoms with Crippen LogP contribution in [0.3, 0.4) is 0 Å². The summed E-state index contributed by atoms with van der Waals surface area (Å²) in [6.07, 6.45) is 0. The van der Waals surface area contributed by atoms with Crippen molar-refractivity contribution in [3.05, 3.63) is 53.6 Å². The van der Waals surface area contributed by atoms with Gasteiger partial charge in [0, 0.05) is 28.6 Å². The van der Waals surface area contributed by atoms with Gasteiger partial charge in [0.1, 0.15) is 12.2 Å². The smallest absolute Gasteiger partial charge is 0.241 e. The van der Waals surface area contributed by atoms with E-state index >= 15 is 0 Å². The van der Waals surface area contributed by atoms with Gasteiger partial charge in [-0.3, -0.25) is 14.3 Å². The quantitative estimate of drug-likeness (QED) is 0.632. The van der Waals surface area contributed by atoms with E-state index in [1.807, 2.05) is 49.4 Å². The number of nitrogens with one attached hydrogen (secondary N) is 1. The number of likely N-dealkylation sites (N-methyl/N-ethyl adjacent to an activating group) is 1. The number of rotatable bonds is 3. The minimum atomic E-state index is -0.0901. The molecular formula is C18H15N3O2. The maximum atomic E-state index is 12.7. The number of fused-ring (bicyclic) bond motifs is 2. The van der Waals surface area contributed by atoms with Crippen LogP contribution in [0.2, 0.25) is 0 Å². The molecule has 1 heterocycles. The Morgan fingerprint density at radius 1 is 1.09 bits per heavy atom. The number of hydrogen-bond acceptors (Lipinski definition) is 3. The highest BCUT2D eigenvalue weighted by Crippen LogP contribution is 2.38. The van der Waals surface area contributed by atoms with Gasteiger partial charge in [-0.1, -0.05) is 36.4 Å². The summed E-state index contributed by atoms with van der Waals surface area (Å²) >= 11 is 0. The zero-order chi connectivity index (χ0) is 16.0. The van der Waals surface area contributed by atoms with Gasteiger partial charge in [-0.15, -0.1) is 0 Å². The average molecular weight is 305 g/mol. The van der Waals surface area contributed by atoms with Gasteiger partial charge in [0.25, 0.3) is 0 Å². The average Bonchev–Trinajstić information content (AvgIpc) is 2.92. The molecular weight excluding hydrogens is 290 g/mol. The normalized spacial score (nSPS) is 12.3. The number of nitrogens with zero attached hydrogens (tertiary/aromatic N) is 2. The number of carbonyl (C=O) groups excluding carboxylic acids is 2. The molecule has 0 saturated carbocycles. The molecule has 1 aliphatic rings. The van der Waals surface area contributed by atoms with Crippen molar-refractivity contribution in [2.24, 2.45) is 0 Å². The lowest BCUT2D eigenvalue weighted by atomic mass is 9.87. The summed E-state index contributed by atoms with van der Waals surface area (Å²) in [5, 5.41) is 8.23. The third-order valence-corrected chi connectivity index (χ3v) is 4.12. The fourth-order valence-electron chi connectivity index (χ4n) is 3.15. The van der Waals surface area contributed by atoms with E-state index in [2.05, 4.69) is 10.4 Å². The minimum absolute atomic E-state index is 0.0104. The van der Waals surface area contributed by atoms with Crippen molar-refractivity contribution in [3.63, 3.8) is 0 Å². The van der Waals surface area contributed by atoms with Crippen molar-refractivity contribution in [3.8, 4) is 11.3 Å². The van der Waals surface area contributed by atoms with Gasteiger partial charge in [-0.2, -0.15) is 5.10 Å². The molecule has 1 aromatic heterocycles. The Morgan fingerprint density at radius 3 is 2.61 bits per heavy atom. The van der Waals surface area contributed by atoms with Crippen LogP contribution in [0.25, 0.3) is 22.2 Å². The van der Waals surface area contributed by atoms with Crippen molar-refractivity contribution in [2.45, 2.75) is 13.5 Å². The minimum Gasteiger partial charge on any atom is -0.355 e. The van der Waals surface area contributed by atoms with Crippen LogP contribution in [0.1, 0.15) is 22.8 Å². The number of benzene rings is 2. The first kappa shape index (κ1) is 13.7. The molecule has 0 atom stereocenters. The molecule has 114 valence electrons. The van der Waals surface area contributed by atoms with Crippen LogP contribution < -0.4 is 5.32 Å². The first-order chi connectivity index (χ1) is 11.2. The number of carbonyl (C=O) groups is 2. The Morgan fingerprint density at radius 2 is 1.83 bits per heavy atom. The van der Waals surface area contributed by atoms with E-state index in [-0.39, 0.29) is 18.2 Å². The topological polar surface area (TPSA) is 64.0 Å². The third kappa shape index (κ3) is 1.97. The maximum Gasteiger partial charge on any atom is 0.241 e. The summed E-state index contributed by atoms with van der Waals surface area (Å²) < 4.78 is 1.68. The second-order valence-corrected chi connectivity index (χ2v) is 5.53. The SMILES string of the molecule is CCNC(=O)Cn1nc2c3c(cccc31)C(=O)c1ccccc1-2. The van der Waals surface area contributed by atoms with Gasteiger partial charge in [0.2, 0.25) is 5.91 Å². The summed E-state index contributed by atoms with van der Waals surface area (Å²) in [5.41, 5.74) is 3.73. The molecule has 1 amide bonds. The van der Waals surface area contributed by atoms with E-state index < -0.39 is 0 Å². The van der Waals surface area contributed by atoms with Gasteiger partial charge < -0.3 is 5.32 Å². The van der Waals surface area contributed by atoms with Crippen molar-refractivity contribution >= 4 is 22.6 Å². The molecule has 0 bridgehead atoms. The lowest BCUT2D eigenvalue weighted by Gasteiger charge is -2.13. The lowest BCUT2D eigenvalue weighted by Crippen LogP contribution is -2.27. The molecule has 0 spiro atoms. The first-order valence-corrected chi connectivity index (χ1v) is 7.61. The maximum absolute atomic E-state index is 12.7. The number of hydrogen-bond donors (Lipinski definition) is 1. The van der Waals surface area contributed by atoms with Gasteiger partial charge in [-0.25, -0.2) is 0 Å². The summed E-state index contributed by atoms with van der Waals surface area (Å²) in [7, 11) is 0. The number of aromatic nitrogens is 2. The Kier molecular flexibility index (Phi) is 3.01. The van der Waals surface area contributed by atoms with E-state index in [1.165, 1.54) is 0 Å². The van der Waals surface area contributed by atoms with E-state index in [9.17, 15) is 9.59 Å². The molecule has 23 heavy (non-hydrogen) atoms. The largest absolute Gasteiger partial charge is 0.355 e. The number of ketones is 1. The Bertz CT molecular complexity index is 956. The van der Waals surface area contributed by atoms with Gasteiger partial charge in [0.15, 0.2) is 5.78 Å². The molecule has 1 aliphatic carbocycles. The fourth-order valence-corrected chi connectivity index (χ4v) is 3.15. The molecule has 0 unspecified atom stereocenters. The van der Waals surface area contributed by atoms with Crippen LogP contribution in [-0.4, -0.2) is 28.0 Å². The molecule has 2 aromatic carbocycles. The van der Waals surface area contributed by atoms with Gasteiger partial charge in [0.05, 0.1) is 5.52 Å². The summed E-state index contributed by atoms with van der Waals surface area (Å²) in [6.45, 7) is 2.60. The van der Waals surface area contributed by atoms with E-state index in [4.69, 9.17) is 0 Å². The highest BCUT2D eigenvalue weighted by atomic mass is 16.2. The zero-order valence-electron chi connectivity index (χ0n) is 12.7. The highest BCUT2D eigenvalue weighted by molar-refractivity contribution is 6.25. The van der Waals surface area contributed by atoms with Crippen molar-refractivity contribution in [1.82, 2.24) is 15.1 Å². The van der Waals surface area contributed by atoms with E-state index in [1.54, 1.807) is 4.68 Å². The van der Waals surface area contributed by atoms with Crippen LogP contribution in [0.5, 0.6) is 0 Å². The Labute approximate surface area is 132 Å². The van der Waals surface area contributed by atoms with Crippen molar-refractivity contribution in [2.75, 3.05) is 6.54 Å². The van der Waals surface area contributed by atoms with Crippen LogP contribution in [0.15, 0.2) is 42.5 Å². The lowest BCUT2D eigenvalue weighted by molar-refractivity contribution is -0.121.